The van der Waals surface area contributed by atoms with Crippen LogP contribution in [0.4, 0.5) is 0 Å². The first-order valence-electron chi connectivity index (χ1n) is 6.42. The molecule has 0 amide bonds. The van der Waals surface area contributed by atoms with Gasteiger partial charge in [-0.05, 0) is 57.7 Å². The Bertz CT molecular complexity index is 388. The first-order chi connectivity index (χ1) is 8.45. The van der Waals surface area contributed by atoms with Crippen molar-refractivity contribution in [2.75, 3.05) is 41.3 Å². The Balaban J connectivity index is 2.70. The fourth-order valence-corrected chi connectivity index (χ4v) is 1.98. The van der Waals surface area contributed by atoms with Crippen LogP contribution in [0.2, 0.25) is 0 Å². The topological polar surface area (TPSA) is 15.7 Å². The van der Waals surface area contributed by atoms with Crippen molar-refractivity contribution in [3.63, 3.8) is 0 Å². The number of rotatable bonds is 6. The van der Waals surface area contributed by atoms with Crippen LogP contribution in [0, 0.1) is 13.8 Å². The highest BCUT2D eigenvalue weighted by atomic mass is 16.5. The van der Waals surface area contributed by atoms with E-state index in [1.165, 1.54) is 16.7 Å². The van der Waals surface area contributed by atoms with E-state index in [0.29, 0.717) is 0 Å². The summed E-state index contributed by atoms with van der Waals surface area (Å²) >= 11 is 0. The molecular formula is C15H26N2O. The third-order valence-electron chi connectivity index (χ3n) is 3.44. The lowest BCUT2D eigenvalue weighted by atomic mass is 10.0. The summed E-state index contributed by atoms with van der Waals surface area (Å²) in [5, 5.41) is 0. The van der Waals surface area contributed by atoms with Crippen LogP contribution >= 0.6 is 0 Å². The molecule has 1 aromatic carbocycles. The van der Waals surface area contributed by atoms with E-state index in [1.54, 1.807) is 7.11 Å². The van der Waals surface area contributed by atoms with Crippen molar-refractivity contribution >= 4 is 0 Å². The molecule has 0 aliphatic carbocycles. The molecule has 0 aromatic heterocycles. The molecule has 0 atom stereocenters. The van der Waals surface area contributed by atoms with Gasteiger partial charge in [0.2, 0.25) is 0 Å². The van der Waals surface area contributed by atoms with Crippen molar-refractivity contribution in [3.05, 3.63) is 28.8 Å². The molecule has 0 saturated heterocycles. The van der Waals surface area contributed by atoms with Gasteiger partial charge in [-0.2, -0.15) is 0 Å². The van der Waals surface area contributed by atoms with Gasteiger partial charge >= 0.3 is 0 Å². The number of methoxy groups -OCH3 is 1. The molecule has 0 aliphatic rings. The number of hydrogen-bond acceptors (Lipinski definition) is 3. The molecule has 0 unspecified atom stereocenters. The maximum atomic E-state index is 5.34. The summed E-state index contributed by atoms with van der Waals surface area (Å²) < 4.78 is 5.34. The quantitative estimate of drug-likeness (QED) is 0.770. The number of benzene rings is 1. The molecule has 3 heteroatoms. The van der Waals surface area contributed by atoms with E-state index in [4.69, 9.17) is 4.74 Å². The van der Waals surface area contributed by atoms with Crippen molar-refractivity contribution in [3.8, 4) is 5.75 Å². The average Bonchev–Trinajstić information content (AvgIpc) is 2.33. The van der Waals surface area contributed by atoms with Crippen LogP contribution < -0.4 is 4.74 Å². The summed E-state index contributed by atoms with van der Waals surface area (Å²) in [6.45, 7) is 7.46. The van der Waals surface area contributed by atoms with Gasteiger partial charge in [0.05, 0.1) is 7.11 Å². The maximum Gasteiger partial charge on any atom is 0.122 e. The van der Waals surface area contributed by atoms with E-state index in [1.807, 2.05) is 0 Å². The van der Waals surface area contributed by atoms with Crippen LogP contribution in [-0.2, 0) is 6.54 Å². The normalized spacial score (nSPS) is 11.3. The third-order valence-corrected chi connectivity index (χ3v) is 3.44. The summed E-state index contributed by atoms with van der Waals surface area (Å²) in [4.78, 5) is 4.57. The molecular weight excluding hydrogens is 224 g/mol. The van der Waals surface area contributed by atoms with Crippen molar-refractivity contribution in [2.24, 2.45) is 0 Å². The van der Waals surface area contributed by atoms with Gasteiger partial charge in [-0.25, -0.2) is 0 Å². The van der Waals surface area contributed by atoms with Gasteiger partial charge in [0.15, 0.2) is 0 Å². The van der Waals surface area contributed by atoms with E-state index in [9.17, 15) is 0 Å². The number of likely N-dealkylation sites (N-methyl/N-ethyl adjacent to an activating group) is 2. The van der Waals surface area contributed by atoms with Crippen LogP contribution in [0.15, 0.2) is 12.1 Å². The maximum absolute atomic E-state index is 5.34. The largest absolute Gasteiger partial charge is 0.496 e. The van der Waals surface area contributed by atoms with Gasteiger partial charge in [-0.15, -0.1) is 0 Å². The van der Waals surface area contributed by atoms with Gasteiger partial charge in [-0.1, -0.05) is 6.07 Å². The zero-order chi connectivity index (χ0) is 13.7. The van der Waals surface area contributed by atoms with Crippen LogP contribution in [0.5, 0.6) is 5.75 Å². The molecule has 0 radical (unpaired) electrons. The lowest BCUT2D eigenvalue weighted by Gasteiger charge is -2.21. The van der Waals surface area contributed by atoms with Crippen molar-refractivity contribution < 1.29 is 4.74 Å². The van der Waals surface area contributed by atoms with E-state index in [-0.39, 0.29) is 0 Å². The molecule has 0 bridgehead atoms. The number of ether oxygens (including phenoxy) is 1. The smallest absolute Gasteiger partial charge is 0.122 e. The summed E-state index contributed by atoms with van der Waals surface area (Å²) in [6.07, 6.45) is 0. The minimum Gasteiger partial charge on any atom is -0.496 e. The Hall–Kier alpha value is -1.06. The molecule has 1 aromatic rings. The van der Waals surface area contributed by atoms with Crippen LogP contribution in [-0.4, -0.2) is 51.1 Å². The molecule has 0 N–H and O–H groups in total. The lowest BCUT2D eigenvalue weighted by Crippen LogP contribution is -2.28. The van der Waals surface area contributed by atoms with E-state index in [0.717, 1.165) is 25.4 Å². The van der Waals surface area contributed by atoms with Crippen molar-refractivity contribution in [1.29, 1.82) is 0 Å². The second kappa shape index (κ2) is 6.76. The molecule has 18 heavy (non-hydrogen) atoms. The Morgan fingerprint density at radius 2 is 1.67 bits per heavy atom. The SMILES string of the molecule is COc1ccc(CN(C)CCN(C)C)c(C)c1C. The Morgan fingerprint density at radius 3 is 2.22 bits per heavy atom. The minimum atomic E-state index is 0.979. The zero-order valence-electron chi connectivity index (χ0n) is 12.6. The van der Waals surface area contributed by atoms with Crippen molar-refractivity contribution in [1.82, 2.24) is 9.80 Å². The number of nitrogens with zero attached hydrogens (tertiary/aromatic N) is 2. The summed E-state index contributed by atoms with van der Waals surface area (Å²) in [6, 6.07) is 4.24. The van der Waals surface area contributed by atoms with Crippen molar-refractivity contribution in [2.45, 2.75) is 20.4 Å². The monoisotopic (exact) mass is 250 g/mol. The molecule has 102 valence electrons. The predicted molar refractivity (Wildman–Crippen MR) is 77.4 cm³/mol. The molecule has 1 rings (SSSR count). The number of hydrogen-bond donors (Lipinski definition) is 0. The van der Waals surface area contributed by atoms with Crippen LogP contribution in [0.3, 0.4) is 0 Å². The Labute approximate surface area is 111 Å². The first-order valence-corrected chi connectivity index (χ1v) is 6.42. The fraction of sp³-hybridized carbons (Fsp3) is 0.600. The highest BCUT2D eigenvalue weighted by molar-refractivity contribution is 5.43. The minimum absolute atomic E-state index is 0.979. The Kier molecular flexibility index (Phi) is 5.63. The second-order valence-electron chi connectivity index (χ2n) is 5.22. The first kappa shape index (κ1) is 15.0. The van der Waals surface area contributed by atoms with Gasteiger partial charge in [-0.3, -0.25) is 0 Å². The van der Waals surface area contributed by atoms with Crippen LogP contribution in [0.25, 0.3) is 0 Å². The molecule has 0 spiro atoms. The zero-order valence-corrected chi connectivity index (χ0v) is 12.6. The third kappa shape index (κ3) is 4.00. The summed E-state index contributed by atoms with van der Waals surface area (Å²) in [7, 11) is 8.11. The summed E-state index contributed by atoms with van der Waals surface area (Å²) in [5.41, 5.74) is 3.97. The Morgan fingerprint density at radius 1 is 1.00 bits per heavy atom. The predicted octanol–water partition coefficient (Wildman–Crippen LogP) is 2.31. The van der Waals surface area contributed by atoms with E-state index in [2.05, 4.69) is 56.9 Å². The van der Waals surface area contributed by atoms with Gasteiger partial charge in [0.1, 0.15) is 5.75 Å². The van der Waals surface area contributed by atoms with Gasteiger partial charge < -0.3 is 14.5 Å². The standard InChI is InChI=1S/C15H26N2O/c1-12-13(2)15(18-6)8-7-14(12)11-17(5)10-9-16(3)4/h7-8H,9-11H2,1-6H3. The molecule has 0 saturated carbocycles. The second-order valence-corrected chi connectivity index (χ2v) is 5.22. The summed E-state index contributed by atoms with van der Waals surface area (Å²) in [5.74, 6) is 0.979. The van der Waals surface area contributed by atoms with E-state index >= 15 is 0 Å². The molecule has 0 heterocycles. The molecule has 0 fully saturated rings. The molecule has 3 nitrogen and oxygen atoms in total. The van der Waals surface area contributed by atoms with Gasteiger partial charge in [0.25, 0.3) is 0 Å². The average molecular weight is 250 g/mol. The van der Waals surface area contributed by atoms with Gasteiger partial charge in [0, 0.05) is 19.6 Å². The fourth-order valence-electron chi connectivity index (χ4n) is 1.98. The van der Waals surface area contributed by atoms with Crippen LogP contribution in [0.1, 0.15) is 16.7 Å². The highest BCUT2D eigenvalue weighted by Crippen LogP contribution is 2.24. The molecule has 0 aliphatic heterocycles. The highest BCUT2D eigenvalue weighted by Gasteiger charge is 2.08. The lowest BCUT2D eigenvalue weighted by molar-refractivity contribution is 0.276. The van der Waals surface area contributed by atoms with E-state index < -0.39 is 0 Å².